The highest BCUT2D eigenvalue weighted by molar-refractivity contribution is 5.85. The van der Waals surface area contributed by atoms with Crippen LogP contribution >= 0.6 is 24.8 Å². The van der Waals surface area contributed by atoms with Gasteiger partial charge in [0.25, 0.3) is 0 Å². The first-order valence-corrected chi connectivity index (χ1v) is 9.01. The molecule has 1 aliphatic heterocycles. The van der Waals surface area contributed by atoms with Gasteiger partial charge in [0, 0.05) is 31.4 Å². The molecule has 1 saturated heterocycles. The molecule has 1 aliphatic rings. The van der Waals surface area contributed by atoms with E-state index < -0.39 is 0 Å². The normalized spacial score (nSPS) is 14.7. The standard InChI is InChI=1S/C21H27N3O.2ClH/c1-16-4-2-3-5-18(16)15-24-12-10-20(11-13-24)23-21(25)14-17-6-8-19(22)9-7-17;;/h2-9,20H,10-15,22H2,1H3,(H,23,25);2*1H. The molecule has 4 nitrogen and oxygen atoms in total. The van der Waals surface area contributed by atoms with Gasteiger partial charge >= 0.3 is 0 Å². The summed E-state index contributed by atoms with van der Waals surface area (Å²) in [5, 5.41) is 3.18. The van der Waals surface area contributed by atoms with Gasteiger partial charge in [0.15, 0.2) is 0 Å². The third kappa shape index (κ3) is 7.06. The van der Waals surface area contributed by atoms with Gasteiger partial charge in [-0.25, -0.2) is 0 Å². The number of hydrogen-bond donors (Lipinski definition) is 2. The van der Waals surface area contributed by atoms with E-state index in [-0.39, 0.29) is 36.8 Å². The van der Waals surface area contributed by atoms with Gasteiger partial charge in [-0.2, -0.15) is 0 Å². The number of hydrogen-bond acceptors (Lipinski definition) is 3. The lowest BCUT2D eigenvalue weighted by Gasteiger charge is -2.32. The van der Waals surface area contributed by atoms with E-state index in [1.165, 1.54) is 11.1 Å². The van der Waals surface area contributed by atoms with Crippen molar-refractivity contribution >= 4 is 36.4 Å². The van der Waals surface area contributed by atoms with Crippen LogP contribution in [0.4, 0.5) is 5.69 Å². The van der Waals surface area contributed by atoms with Crippen LogP contribution in [0, 0.1) is 6.92 Å². The molecule has 0 radical (unpaired) electrons. The molecule has 0 aliphatic carbocycles. The SMILES string of the molecule is Cc1ccccc1CN1CCC(NC(=O)Cc2ccc(N)cc2)CC1.Cl.Cl. The fraction of sp³-hybridized carbons (Fsp3) is 0.381. The monoisotopic (exact) mass is 409 g/mol. The Morgan fingerprint density at radius 1 is 1.07 bits per heavy atom. The number of carbonyl (C=O) groups is 1. The Morgan fingerprint density at radius 3 is 2.33 bits per heavy atom. The van der Waals surface area contributed by atoms with Crippen LogP contribution in [-0.4, -0.2) is 29.9 Å². The first-order valence-electron chi connectivity index (χ1n) is 9.01. The summed E-state index contributed by atoms with van der Waals surface area (Å²) >= 11 is 0. The van der Waals surface area contributed by atoms with Gasteiger partial charge in [-0.1, -0.05) is 36.4 Å². The second kappa shape index (κ2) is 11.2. The van der Waals surface area contributed by atoms with E-state index >= 15 is 0 Å². The van der Waals surface area contributed by atoms with E-state index in [4.69, 9.17) is 5.73 Å². The van der Waals surface area contributed by atoms with E-state index in [0.29, 0.717) is 6.42 Å². The van der Waals surface area contributed by atoms with E-state index in [2.05, 4.69) is 41.4 Å². The average molecular weight is 410 g/mol. The molecule has 1 heterocycles. The zero-order chi connectivity index (χ0) is 17.6. The minimum Gasteiger partial charge on any atom is -0.399 e. The largest absolute Gasteiger partial charge is 0.399 e. The molecule has 1 fully saturated rings. The topological polar surface area (TPSA) is 58.4 Å². The lowest BCUT2D eigenvalue weighted by molar-refractivity contribution is -0.121. The number of benzene rings is 2. The number of rotatable bonds is 5. The van der Waals surface area contributed by atoms with Crippen LogP contribution in [0.3, 0.4) is 0 Å². The Morgan fingerprint density at radius 2 is 1.70 bits per heavy atom. The molecule has 3 N–H and O–H groups in total. The fourth-order valence-corrected chi connectivity index (χ4v) is 3.36. The molecule has 6 heteroatoms. The Bertz CT molecular complexity index is 714. The lowest BCUT2D eigenvalue weighted by atomic mass is 10.0. The summed E-state index contributed by atoms with van der Waals surface area (Å²) in [4.78, 5) is 14.7. The number of carbonyl (C=O) groups excluding carboxylic acids is 1. The highest BCUT2D eigenvalue weighted by Crippen LogP contribution is 2.16. The number of nitrogens with zero attached hydrogens (tertiary/aromatic N) is 1. The molecular formula is C21H29Cl2N3O. The fourth-order valence-electron chi connectivity index (χ4n) is 3.36. The van der Waals surface area contributed by atoms with Crippen molar-refractivity contribution in [3.05, 3.63) is 65.2 Å². The lowest BCUT2D eigenvalue weighted by Crippen LogP contribution is -2.44. The maximum atomic E-state index is 12.2. The van der Waals surface area contributed by atoms with Crippen LogP contribution in [0.2, 0.25) is 0 Å². The third-order valence-electron chi connectivity index (χ3n) is 4.95. The van der Waals surface area contributed by atoms with Crippen LogP contribution in [0.5, 0.6) is 0 Å². The molecular weight excluding hydrogens is 381 g/mol. The van der Waals surface area contributed by atoms with E-state index in [0.717, 1.165) is 43.7 Å². The van der Waals surface area contributed by atoms with Gasteiger partial charge in [-0.3, -0.25) is 9.69 Å². The van der Waals surface area contributed by atoms with Crippen molar-refractivity contribution in [3.8, 4) is 0 Å². The van der Waals surface area contributed by atoms with Gasteiger partial charge in [0.1, 0.15) is 0 Å². The Kier molecular flexibility index (Phi) is 9.64. The number of amides is 1. The molecule has 27 heavy (non-hydrogen) atoms. The second-order valence-corrected chi connectivity index (χ2v) is 6.96. The van der Waals surface area contributed by atoms with E-state index in [1.54, 1.807) is 0 Å². The summed E-state index contributed by atoms with van der Waals surface area (Å²) in [5.74, 6) is 0.0992. The number of anilines is 1. The number of aryl methyl sites for hydroxylation is 1. The van der Waals surface area contributed by atoms with Crippen LogP contribution in [0.15, 0.2) is 48.5 Å². The molecule has 0 atom stereocenters. The molecule has 0 aromatic heterocycles. The van der Waals surface area contributed by atoms with Gasteiger partial charge in [-0.05, 0) is 48.6 Å². The maximum absolute atomic E-state index is 12.2. The van der Waals surface area contributed by atoms with E-state index in [1.807, 2.05) is 24.3 Å². The molecule has 1 amide bonds. The van der Waals surface area contributed by atoms with Crippen LogP contribution < -0.4 is 11.1 Å². The number of nitrogen functional groups attached to an aromatic ring is 1. The van der Waals surface area contributed by atoms with Crippen LogP contribution in [0.1, 0.15) is 29.5 Å². The minimum atomic E-state index is 0. The van der Waals surface area contributed by atoms with E-state index in [9.17, 15) is 4.79 Å². The third-order valence-corrected chi connectivity index (χ3v) is 4.95. The summed E-state index contributed by atoms with van der Waals surface area (Å²) in [6, 6.07) is 16.4. The molecule has 148 valence electrons. The number of nitrogens with one attached hydrogen (secondary N) is 1. The molecule has 2 aromatic carbocycles. The summed E-state index contributed by atoms with van der Waals surface area (Å²) in [5.41, 5.74) is 10.2. The summed E-state index contributed by atoms with van der Waals surface area (Å²) in [6.45, 7) is 5.22. The van der Waals surface area contributed by atoms with Crippen molar-refractivity contribution in [1.82, 2.24) is 10.2 Å². The Balaban J connectivity index is 0.00000182. The predicted molar refractivity (Wildman–Crippen MR) is 117 cm³/mol. The minimum absolute atomic E-state index is 0. The summed E-state index contributed by atoms with van der Waals surface area (Å²) < 4.78 is 0. The summed E-state index contributed by atoms with van der Waals surface area (Å²) in [7, 11) is 0. The number of nitrogens with two attached hydrogens (primary N) is 1. The van der Waals surface area contributed by atoms with Crippen LogP contribution in [0.25, 0.3) is 0 Å². The quantitative estimate of drug-likeness (QED) is 0.739. The van der Waals surface area contributed by atoms with Crippen molar-refractivity contribution in [2.75, 3.05) is 18.8 Å². The number of likely N-dealkylation sites (tertiary alicyclic amines) is 1. The van der Waals surface area contributed by atoms with Gasteiger partial charge in [-0.15, -0.1) is 24.8 Å². The zero-order valence-corrected chi connectivity index (χ0v) is 17.3. The first kappa shape index (κ1) is 23.3. The smallest absolute Gasteiger partial charge is 0.224 e. The summed E-state index contributed by atoms with van der Waals surface area (Å²) in [6.07, 6.45) is 2.45. The molecule has 0 spiro atoms. The van der Waals surface area contributed by atoms with Crippen molar-refractivity contribution in [2.45, 2.75) is 38.8 Å². The predicted octanol–water partition coefficient (Wildman–Crippen LogP) is 3.74. The van der Waals surface area contributed by atoms with Gasteiger partial charge in [0.2, 0.25) is 5.91 Å². The number of piperidine rings is 1. The van der Waals surface area contributed by atoms with Crippen molar-refractivity contribution < 1.29 is 4.79 Å². The van der Waals surface area contributed by atoms with Crippen molar-refractivity contribution in [3.63, 3.8) is 0 Å². The molecule has 0 unspecified atom stereocenters. The second-order valence-electron chi connectivity index (χ2n) is 6.96. The highest BCUT2D eigenvalue weighted by atomic mass is 35.5. The van der Waals surface area contributed by atoms with Gasteiger partial charge < -0.3 is 11.1 Å². The van der Waals surface area contributed by atoms with Crippen molar-refractivity contribution in [1.29, 1.82) is 0 Å². The Hall–Kier alpha value is -1.75. The zero-order valence-electron chi connectivity index (χ0n) is 15.7. The number of halogens is 2. The highest BCUT2D eigenvalue weighted by Gasteiger charge is 2.21. The van der Waals surface area contributed by atoms with Crippen LogP contribution in [-0.2, 0) is 17.8 Å². The molecule has 0 saturated carbocycles. The molecule has 0 bridgehead atoms. The maximum Gasteiger partial charge on any atom is 0.224 e. The Labute approximate surface area is 174 Å². The first-order chi connectivity index (χ1) is 12.1. The average Bonchev–Trinajstić information content (AvgIpc) is 2.61. The molecule has 2 aromatic rings. The van der Waals surface area contributed by atoms with Gasteiger partial charge in [0.05, 0.1) is 6.42 Å². The van der Waals surface area contributed by atoms with Crippen molar-refractivity contribution in [2.24, 2.45) is 0 Å². The molecule has 3 rings (SSSR count).